The third-order valence-corrected chi connectivity index (χ3v) is 4.44. The summed E-state index contributed by atoms with van der Waals surface area (Å²) in [5.41, 5.74) is 1.85. The van der Waals surface area contributed by atoms with Gasteiger partial charge in [-0.3, -0.25) is 4.72 Å². The van der Waals surface area contributed by atoms with Gasteiger partial charge >= 0.3 is 0 Å². The highest BCUT2D eigenvalue weighted by atomic mass is 79.9. The first-order valence-corrected chi connectivity index (χ1v) is 7.98. The number of nitriles is 1. The Balaban J connectivity index is 2.33. The molecule has 2 aromatic rings. The number of halogens is 1. The van der Waals surface area contributed by atoms with Crippen molar-refractivity contribution < 1.29 is 8.42 Å². The Morgan fingerprint density at radius 1 is 1.15 bits per heavy atom. The number of benzene rings is 2. The van der Waals surface area contributed by atoms with Crippen molar-refractivity contribution in [1.82, 2.24) is 0 Å². The highest BCUT2D eigenvalue weighted by molar-refractivity contribution is 9.10. The van der Waals surface area contributed by atoms with E-state index in [0.29, 0.717) is 11.3 Å². The van der Waals surface area contributed by atoms with Gasteiger partial charge in [0.05, 0.1) is 22.2 Å². The predicted molar refractivity (Wildman–Crippen MR) is 80.8 cm³/mol. The van der Waals surface area contributed by atoms with Gasteiger partial charge in [-0.2, -0.15) is 5.26 Å². The van der Waals surface area contributed by atoms with Crippen LogP contribution in [0.25, 0.3) is 0 Å². The van der Waals surface area contributed by atoms with E-state index >= 15 is 0 Å². The van der Waals surface area contributed by atoms with Gasteiger partial charge in [-0.25, -0.2) is 8.42 Å². The van der Waals surface area contributed by atoms with Crippen LogP contribution in [0.2, 0.25) is 0 Å². The van der Waals surface area contributed by atoms with Gasteiger partial charge < -0.3 is 0 Å². The van der Waals surface area contributed by atoms with Crippen LogP contribution < -0.4 is 4.72 Å². The minimum atomic E-state index is -3.65. The van der Waals surface area contributed by atoms with Gasteiger partial charge in [0.1, 0.15) is 0 Å². The van der Waals surface area contributed by atoms with E-state index in [4.69, 9.17) is 5.26 Å². The second-order valence-electron chi connectivity index (χ2n) is 4.26. The molecule has 2 aromatic carbocycles. The lowest BCUT2D eigenvalue weighted by Gasteiger charge is -2.09. The topological polar surface area (TPSA) is 70.0 Å². The van der Waals surface area contributed by atoms with Crippen LogP contribution in [0.1, 0.15) is 11.1 Å². The van der Waals surface area contributed by atoms with Crippen molar-refractivity contribution in [3.63, 3.8) is 0 Å². The van der Waals surface area contributed by atoms with E-state index in [0.717, 1.165) is 10.0 Å². The normalized spacial score (nSPS) is 10.8. The van der Waals surface area contributed by atoms with E-state index in [9.17, 15) is 8.42 Å². The highest BCUT2D eigenvalue weighted by Gasteiger charge is 2.14. The van der Waals surface area contributed by atoms with Gasteiger partial charge in [0.2, 0.25) is 0 Å². The summed E-state index contributed by atoms with van der Waals surface area (Å²) >= 11 is 3.32. The number of hydrogen-bond donors (Lipinski definition) is 1. The van der Waals surface area contributed by atoms with Crippen molar-refractivity contribution in [1.29, 1.82) is 5.26 Å². The average Bonchev–Trinajstić information content (AvgIpc) is 2.37. The third-order valence-electron chi connectivity index (χ3n) is 2.59. The van der Waals surface area contributed by atoms with Crippen molar-refractivity contribution in [3.05, 3.63) is 58.1 Å². The molecule has 0 unspecified atom stereocenters. The highest BCUT2D eigenvalue weighted by Crippen LogP contribution is 2.22. The third kappa shape index (κ3) is 3.38. The Bertz CT molecular complexity index is 758. The number of rotatable bonds is 3. The molecule has 0 atom stereocenters. The van der Waals surface area contributed by atoms with E-state index < -0.39 is 10.0 Å². The molecule has 4 nitrogen and oxygen atoms in total. The summed E-state index contributed by atoms with van der Waals surface area (Å²) in [5, 5.41) is 8.71. The van der Waals surface area contributed by atoms with E-state index in [1.54, 1.807) is 12.1 Å². The molecule has 102 valence electrons. The summed E-state index contributed by atoms with van der Waals surface area (Å²) in [7, 11) is -3.65. The van der Waals surface area contributed by atoms with Crippen LogP contribution in [0, 0.1) is 18.3 Å². The van der Waals surface area contributed by atoms with E-state index in [1.807, 2.05) is 19.1 Å². The maximum atomic E-state index is 12.2. The number of aryl methyl sites for hydroxylation is 1. The van der Waals surface area contributed by atoms with Crippen molar-refractivity contribution in [3.8, 4) is 6.07 Å². The Labute approximate surface area is 126 Å². The SMILES string of the molecule is Cc1cc(Br)cc(NS(=O)(=O)c2ccc(C#N)cc2)c1. The van der Waals surface area contributed by atoms with Crippen LogP contribution in [0.5, 0.6) is 0 Å². The predicted octanol–water partition coefficient (Wildman–Crippen LogP) is 3.43. The van der Waals surface area contributed by atoms with Gasteiger partial charge in [0, 0.05) is 4.47 Å². The van der Waals surface area contributed by atoms with Crippen molar-refractivity contribution in [2.45, 2.75) is 11.8 Å². The second kappa shape index (κ2) is 5.65. The van der Waals surface area contributed by atoms with Crippen LogP contribution in [0.15, 0.2) is 51.8 Å². The molecule has 2 rings (SSSR count). The van der Waals surface area contributed by atoms with Crippen LogP contribution in [-0.2, 0) is 10.0 Å². The van der Waals surface area contributed by atoms with Crippen molar-refractivity contribution in [2.24, 2.45) is 0 Å². The largest absolute Gasteiger partial charge is 0.280 e. The summed E-state index contributed by atoms with van der Waals surface area (Å²) in [6.07, 6.45) is 0. The lowest BCUT2D eigenvalue weighted by Crippen LogP contribution is -2.13. The quantitative estimate of drug-likeness (QED) is 0.921. The second-order valence-corrected chi connectivity index (χ2v) is 6.86. The van der Waals surface area contributed by atoms with E-state index in [1.165, 1.54) is 24.3 Å². The van der Waals surface area contributed by atoms with Crippen LogP contribution in [-0.4, -0.2) is 8.42 Å². The maximum absolute atomic E-state index is 12.2. The Morgan fingerprint density at radius 2 is 1.80 bits per heavy atom. The molecule has 0 bridgehead atoms. The molecule has 0 saturated carbocycles. The molecule has 6 heteroatoms. The van der Waals surface area contributed by atoms with Gasteiger partial charge in [0.15, 0.2) is 0 Å². The Kier molecular flexibility index (Phi) is 4.12. The number of nitrogens with zero attached hydrogens (tertiary/aromatic N) is 1. The molecule has 0 spiro atoms. The maximum Gasteiger partial charge on any atom is 0.261 e. The molecule has 1 N–H and O–H groups in total. The van der Waals surface area contributed by atoms with Crippen LogP contribution in [0.3, 0.4) is 0 Å². The zero-order chi connectivity index (χ0) is 14.8. The molecular weight excluding hydrogens is 340 g/mol. The first-order valence-electron chi connectivity index (χ1n) is 5.71. The molecule has 0 radical (unpaired) electrons. The summed E-state index contributed by atoms with van der Waals surface area (Å²) in [6.45, 7) is 1.88. The van der Waals surface area contributed by atoms with Gasteiger partial charge in [-0.1, -0.05) is 15.9 Å². The zero-order valence-electron chi connectivity index (χ0n) is 10.6. The fraction of sp³-hybridized carbons (Fsp3) is 0.0714. The first-order chi connectivity index (χ1) is 9.40. The number of hydrogen-bond acceptors (Lipinski definition) is 3. The molecule has 0 saturated heterocycles. The molecule has 0 fully saturated rings. The van der Waals surface area contributed by atoms with E-state index in [2.05, 4.69) is 20.7 Å². The first kappa shape index (κ1) is 14.6. The van der Waals surface area contributed by atoms with Crippen LogP contribution in [0.4, 0.5) is 5.69 Å². The molecule has 0 aliphatic carbocycles. The standard InChI is InChI=1S/C14H11BrN2O2S/c1-10-6-12(15)8-13(7-10)17-20(18,19)14-4-2-11(9-16)3-5-14/h2-8,17H,1H3. The number of nitrogens with one attached hydrogen (secondary N) is 1. The van der Waals surface area contributed by atoms with Gasteiger partial charge in [0.25, 0.3) is 10.0 Å². The smallest absolute Gasteiger partial charge is 0.261 e. The molecular formula is C14H11BrN2O2S. The van der Waals surface area contributed by atoms with Gasteiger partial charge in [-0.05, 0) is 55.0 Å². The molecule has 0 amide bonds. The Hall–Kier alpha value is -1.84. The minimum absolute atomic E-state index is 0.120. The fourth-order valence-corrected chi connectivity index (χ4v) is 3.37. The van der Waals surface area contributed by atoms with Crippen LogP contribution >= 0.6 is 15.9 Å². The minimum Gasteiger partial charge on any atom is -0.280 e. The monoisotopic (exact) mass is 350 g/mol. The lowest BCUT2D eigenvalue weighted by molar-refractivity contribution is 0.601. The summed E-state index contributed by atoms with van der Waals surface area (Å²) < 4.78 is 27.7. The summed E-state index contributed by atoms with van der Waals surface area (Å²) in [6, 6.07) is 13.0. The molecule has 20 heavy (non-hydrogen) atoms. The zero-order valence-corrected chi connectivity index (χ0v) is 13.0. The molecule has 0 aliphatic rings. The van der Waals surface area contributed by atoms with Crippen molar-refractivity contribution >= 4 is 31.6 Å². The lowest BCUT2D eigenvalue weighted by atomic mass is 10.2. The Morgan fingerprint density at radius 3 is 2.35 bits per heavy atom. The van der Waals surface area contributed by atoms with Gasteiger partial charge in [-0.15, -0.1) is 0 Å². The number of anilines is 1. The summed E-state index contributed by atoms with van der Waals surface area (Å²) in [5.74, 6) is 0. The molecule has 0 aromatic heterocycles. The summed E-state index contributed by atoms with van der Waals surface area (Å²) in [4.78, 5) is 0.120. The fourth-order valence-electron chi connectivity index (χ4n) is 1.72. The van der Waals surface area contributed by atoms with Crippen molar-refractivity contribution in [2.75, 3.05) is 4.72 Å². The number of sulfonamides is 1. The average molecular weight is 351 g/mol. The van der Waals surface area contributed by atoms with E-state index in [-0.39, 0.29) is 4.90 Å². The molecule has 0 heterocycles. The molecule has 0 aliphatic heterocycles.